The molecule has 1 aromatic heterocycles. The van der Waals surface area contributed by atoms with Crippen molar-refractivity contribution in [2.24, 2.45) is 5.92 Å². The zero-order chi connectivity index (χ0) is 14.9. The summed E-state index contributed by atoms with van der Waals surface area (Å²) in [6.07, 6.45) is 4.35. The number of anilines is 1. The van der Waals surface area contributed by atoms with Gasteiger partial charge in [0.2, 0.25) is 5.95 Å². The molecular formula is C15H29N5O. The highest BCUT2D eigenvalue weighted by Gasteiger charge is 2.21. The Labute approximate surface area is 127 Å². The van der Waals surface area contributed by atoms with Crippen LogP contribution in [0.1, 0.15) is 38.9 Å². The van der Waals surface area contributed by atoms with E-state index in [0.29, 0.717) is 0 Å². The summed E-state index contributed by atoms with van der Waals surface area (Å²) in [4.78, 5) is 6.90. The number of rotatable bonds is 9. The number of ether oxygens (including phenoxy) is 1. The summed E-state index contributed by atoms with van der Waals surface area (Å²) in [6.45, 7) is 10.1. The van der Waals surface area contributed by atoms with Gasteiger partial charge in [0, 0.05) is 32.7 Å². The molecule has 2 rings (SSSR count). The molecule has 1 saturated heterocycles. The van der Waals surface area contributed by atoms with Gasteiger partial charge in [-0.1, -0.05) is 6.92 Å². The first-order chi connectivity index (χ1) is 10.3. The fourth-order valence-electron chi connectivity index (χ4n) is 2.71. The fourth-order valence-corrected chi connectivity index (χ4v) is 2.71. The molecular weight excluding hydrogens is 266 g/mol. The highest BCUT2D eigenvalue weighted by atomic mass is 16.5. The van der Waals surface area contributed by atoms with Crippen molar-refractivity contribution < 1.29 is 4.74 Å². The molecule has 1 aliphatic rings. The molecule has 0 aromatic carbocycles. The molecule has 0 saturated carbocycles. The van der Waals surface area contributed by atoms with Crippen LogP contribution in [0, 0.1) is 5.92 Å². The minimum absolute atomic E-state index is 0.781. The molecule has 0 atom stereocenters. The third-order valence-corrected chi connectivity index (χ3v) is 4.01. The van der Waals surface area contributed by atoms with Crippen molar-refractivity contribution in [3.8, 4) is 0 Å². The first-order valence-electron chi connectivity index (χ1n) is 8.28. The summed E-state index contributed by atoms with van der Waals surface area (Å²) in [7, 11) is 0. The molecule has 0 spiro atoms. The van der Waals surface area contributed by atoms with Gasteiger partial charge in [0.25, 0.3) is 0 Å². The van der Waals surface area contributed by atoms with Crippen LogP contribution in [-0.4, -0.2) is 54.6 Å². The fraction of sp³-hybridized carbons (Fsp3) is 0.867. The van der Waals surface area contributed by atoms with Gasteiger partial charge in [0.1, 0.15) is 5.82 Å². The second kappa shape index (κ2) is 9.00. The van der Waals surface area contributed by atoms with Crippen LogP contribution in [0.15, 0.2) is 0 Å². The van der Waals surface area contributed by atoms with Crippen LogP contribution >= 0.6 is 0 Å². The number of hydrogen-bond acceptors (Lipinski definition) is 5. The summed E-state index contributed by atoms with van der Waals surface area (Å²) in [5.41, 5.74) is 0. The number of hydrogen-bond donors (Lipinski definition) is 2. The van der Waals surface area contributed by atoms with Crippen LogP contribution in [0.2, 0.25) is 0 Å². The van der Waals surface area contributed by atoms with Gasteiger partial charge in [-0.05, 0) is 45.2 Å². The van der Waals surface area contributed by atoms with Crippen molar-refractivity contribution in [1.29, 1.82) is 0 Å². The van der Waals surface area contributed by atoms with Gasteiger partial charge in [0.15, 0.2) is 0 Å². The third kappa shape index (κ3) is 5.28. The van der Waals surface area contributed by atoms with E-state index < -0.39 is 0 Å². The Hall–Kier alpha value is -1.14. The Kier molecular flexibility index (Phi) is 6.95. The molecule has 1 aromatic rings. The molecule has 6 heteroatoms. The lowest BCUT2D eigenvalue weighted by Gasteiger charge is -2.31. The minimum atomic E-state index is 0.781. The predicted octanol–water partition coefficient (Wildman–Crippen LogP) is 1.60. The number of aryl methyl sites for hydroxylation is 1. The number of aromatic amines is 1. The monoisotopic (exact) mass is 295 g/mol. The molecule has 2 N–H and O–H groups in total. The Morgan fingerprint density at radius 3 is 2.86 bits per heavy atom. The summed E-state index contributed by atoms with van der Waals surface area (Å²) in [6, 6.07) is 0. The molecule has 0 aliphatic carbocycles. The first kappa shape index (κ1) is 16.2. The van der Waals surface area contributed by atoms with Crippen LogP contribution in [0.5, 0.6) is 0 Å². The predicted molar refractivity (Wildman–Crippen MR) is 84.7 cm³/mol. The van der Waals surface area contributed by atoms with E-state index in [1.165, 1.54) is 12.8 Å². The summed E-state index contributed by atoms with van der Waals surface area (Å²) in [5, 5.41) is 10.9. The van der Waals surface area contributed by atoms with Gasteiger partial charge < -0.3 is 15.0 Å². The number of nitrogens with one attached hydrogen (secondary N) is 2. The van der Waals surface area contributed by atoms with Crippen molar-refractivity contribution in [1.82, 2.24) is 20.5 Å². The van der Waals surface area contributed by atoms with E-state index in [9.17, 15) is 0 Å². The second-order valence-electron chi connectivity index (χ2n) is 5.62. The smallest absolute Gasteiger partial charge is 0.244 e. The maximum Gasteiger partial charge on any atom is 0.244 e. The summed E-state index contributed by atoms with van der Waals surface area (Å²) < 4.78 is 5.34. The van der Waals surface area contributed by atoms with E-state index in [1.54, 1.807) is 0 Å². The Morgan fingerprint density at radius 2 is 2.14 bits per heavy atom. The van der Waals surface area contributed by atoms with Gasteiger partial charge in [-0.2, -0.15) is 4.98 Å². The van der Waals surface area contributed by atoms with Crippen LogP contribution in [-0.2, 0) is 11.2 Å². The Morgan fingerprint density at radius 1 is 1.33 bits per heavy atom. The zero-order valence-corrected chi connectivity index (χ0v) is 13.4. The van der Waals surface area contributed by atoms with Gasteiger partial charge in [0.05, 0.1) is 0 Å². The van der Waals surface area contributed by atoms with Crippen molar-refractivity contribution >= 4 is 5.95 Å². The molecule has 2 heterocycles. The lowest BCUT2D eigenvalue weighted by molar-refractivity contribution is 0.145. The van der Waals surface area contributed by atoms with Crippen molar-refractivity contribution in [3.05, 3.63) is 5.82 Å². The maximum atomic E-state index is 5.34. The lowest BCUT2D eigenvalue weighted by Crippen LogP contribution is -2.37. The standard InChI is InChI=1S/C15H29N5O/c1-3-16-12-13-7-9-20(10-8-13)15-17-14(18-19-15)6-5-11-21-4-2/h13,16H,3-12H2,1-2H3,(H,17,18,19). The topological polar surface area (TPSA) is 66.1 Å². The maximum absolute atomic E-state index is 5.34. The van der Waals surface area contributed by atoms with Crippen LogP contribution in [0.3, 0.4) is 0 Å². The SMILES string of the molecule is CCNCC1CCN(c2n[nH]c(CCCOCC)n2)CC1. The number of nitrogens with zero attached hydrogens (tertiary/aromatic N) is 3. The average Bonchev–Trinajstić information content (AvgIpc) is 2.99. The molecule has 6 nitrogen and oxygen atoms in total. The molecule has 120 valence electrons. The number of piperidine rings is 1. The van der Waals surface area contributed by atoms with Crippen LogP contribution < -0.4 is 10.2 Å². The highest BCUT2D eigenvalue weighted by Crippen LogP contribution is 2.20. The minimum Gasteiger partial charge on any atom is -0.382 e. The quantitative estimate of drug-likeness (QED) is 0.677. The number of aromatic nitrogens is 3. The van der Waals surface area contributed by atoms with E-state index >= 15 is 0 Å². The molecule has 0 unspecified atom stereocenters. The third-order valence-electron chi connectivity index (χ3n) is 4.01. The molecule has 0 amide bonds. The summed E-state index contributed by atoms with van der Waals surface area (Å²) >= 11 is 0. The van der Waals surface area contributed by atoms with Gasteiger partial charge in [-0.15, -0.1) is 5.10 Å². The summed E-state index contributed by atoms with van der Waals surface area (Å²) in [5.74, 6) is 2.63. The van der Waals surface area contributed by atoms with Crippen molar-refractivity contribution in [3.63, 3.8) is 0 Å². The van der Waals surface area contributed by atoms with Gasteiger partial charge >= 0.3 is 0 Å². The first-order valence-corrected chi connectivity index (χ1v) is 8.28. The van der Waals surface area contributed by atoms with Crippen LogP contribution in [0.4, 0.5) is 5.95 Å². The van der Waals surface area contributed by atoms with E-state index in [2.05, 4.69) is 32.3 Å². The lowest BCUT2D eigenvalue weighted by atomic mass is 9.97. The van der Waals surface area contributed by atoms with Crippen molar-refractivity contribution in [2.45, 2.75) is 39.5 Å². The normalized spacial score (nSPS) is 16.6. The van der Waals surface area contributed by atoms with Gasteiger partial charge in [-0.25, -0.2) is 0 Å². The van der Waals surface area contributed by atoms with E-state index in [1.807, 2.05) is 6.92 Å². The van der Waals surface area contributed by atoms with Crippen LogP contribution in [0.25, 0.3) is 0 Å². The van der Waals surface area contributed by atoms with Crippen molar-refractivity contribution in [2.75, 3.05) is 44.3 Å². The molecule has 1 fully saturated rings. The average molecular weight is 295 g/mol. The van der Waals surface area contributed by atoms with E-state index in [0.717, 1.165) is 69.9 Å². The Balaban J connectivity index is 1.72. The van der Waals surface area contributed by atoms with Gasteiger partial charge in [-0.3, -0.25) is 5.10 Å². The molecule has 0 bridgehead atoms. The number of H-pyrrole nitrogens is 1. The molecule has 0 radical (unpaired) electrons. The molecule has 1 aliphatic heterocycles. The van der Waals surface area contributed by atoms with E-state index in [4.69, 9.17) is 4.74 Å². The molecule has 21 heavy (non-hydrogen) atoms. The largest absolute Gasteiger partial charge is 0.382 e. The zero-order valence-electron chi connectivity index (χ0n) is 13.4. The second-order valence-corrected chi connectivity index (χ2v) is 5.62. The highest BCUT2D eigenvalue weighted by molar-refractivity contribution is 5.29. The Bertz CT molecular complexity index is 387. The van der Waals surface area contributed by atoms with E-state index in [-0.39, 0.29) is 0 Å².